The minimum absolute atomic E-state index is 0.0523. The van der Waals surface area contributed by atoms with Crippen molar-refractivity contribution in [3.63, 3.8) is 0 Å². The fraction of sp³-hybridized carbons (Fsp3) is 0.579. The molecule has 0 unspecified atom stereocenters. The number of hydrogen-bond donors (Lipinski definition) is 0. The zero-order chi connectivity index (χ0) is 18.6. The molecule has 2 aliphatic rings. The minimum atomic E-state index is -0.550. The number of anilines is 1. The summed E-state index contributed by atoms with van der Waals surface area (Å²) in [7, 11) is 1.79. The van der Waals surface area contributed by atoms with Crippen LogP contribution < -0.4 is 9.64 Å². The molecule has 0 atom stereocenters. The number of nitrogens with zero attached hydrogens (tertiary/aromatic N) is 2. The van der Waals surface area contributed by atoms with Crippen LogP contribution in [0.5, 0.6) is 5.75 Å². The Hall–Kier alpha value is -2.24. The van der Waals surface area contributed by atoms with E-state index in [-0.39, 0.29) is 18.1 Å². The van der Waals surface area contributed by atoms with Crippen LogP contribution in [0.15, 0.2) is 18.2 Å². The van der Waals surface area contributed by atoms with Crippen molar-refractivity contribution < 1.29 is 19.1 Å². The van der Waals surface area contributed by atoms with Crippen molar-refractivity contribution in [2.75, 3.05) is 25.0 Å². The molecule has 6 nitrogen and oxygen atoms in total. The molecular weight excluding hydrogens is 320 g/mol. The van der Waals surface area contributed by atoms with Gasteiger partial charge in [0.05, 0.1) is 18.5 Å². The first-order valence-electron chi connectivity index (χ1n) is 8.56. The molecule has 0 spiro atoms. The van der Waals surface area contributed by atoms with E-state index < -0.39 is 11.0 Å². The van der Waals surface area contributed by atoms with Gasteiger partial charge in [-0.15, -0.1) is 0 Å². The van der Waals surface area contributed by atoms with Crippen LogP contribution in [0.3, 0.4) is 0 Å². The molecule has 0 radical (unpaired) electrons. The molecule has 2 heterocycles. The molecular formula is C19H26N2O4. The molecule has 25 heavy (non-hydrogen) atoms. The third-order valence-electron chi connectivity index (χ3n) is 4.64. The van der Waals surface area contributed by atoms with E-state index >= 15 is 0 Å². The highest BCUT2D eigenvalue weighted by Crippen LogP contribution is 2.42. The summed E-state index contributed by atoms with van der Waals surface area (Å²) in [6, 6.07) is 5.73. The van der Waals surface area contributed by atoms with Crippen LogP contribution in [0.25, 0.3) is 0 Å². The molecule has 0 aliphatic carbocycles. The van der Waals surface area contributed by atoms with Crippen molar-refractivity contribution in [3.05, 3.63) is 23.8 Å². The van der Waals surface area contributed by atoms with Crippen LogP contribution in [0.2, 0.25) is 0 Å². The number of likely N-dealkylation sites (N-methyl/N-ethyl adjacent to an activating group) is 1. The van der Waals surface area contributed by atoms with E-state index in [1.807, 2.05) is 52.8 Å². The lowest BCUT2D eigenvalue weighted by Gasteiger charge is -2.39. The van der Waals surface area contributed by atoms with E-state index in [2.05, 4.69) is 0 Å². The maximum absolute atomic E-state index is 12.3. The average molecular weight is 346 g/mol. The van der Waals surface area contributed by atoms with Crippen molar-refractivity contribution >= 4 is 17.7 Å². The standard InChI is InChI=1S/C19H26N2O4/c1-18(2,3)25-17(23)21-10-13(11-21)24-12-7-8-15-14(9-12)19(4,5)16(22)20(15)6/h7-9,13H,10-11H2,1-6H3. The number of carbonyl (C=O) groups is 2. The van der Waals surface area contributed by atoms with Crippen LogP contribution in [0, 0.1) is 0 Å². The predicted octanol–water partition coefficient (Wildman–Crippen LogP) is 2.94. The molecule has 0 N–H and O–H groups in total. The van der Waals surface area contributed by atoms with Gasteiger partial charge >= 0.3 is 6.09 Å². The Morgan fingerprint density at radius 3 is 2.48 bits per heavy atom. The lowest BCUT2D eigenvalue weighted by molar-refractivity contribution is -0.121. The molecule has 6 heteroatoms. The van der Waals surface area contributed by atoms with Crippen molar-refractivity contribution in [2.45, 2.75) is 51.7 Å². The van der Waals surface area contributed by atoms with Gasteiger partial charge in [0.1, 0.15) is 17.5 Å². The van der Waals surface area contributed by atoms with Gasteiger partial charge in [-0.1, -0.05) is 0 Å². The second kappa shape index (κ2) is 5.64. The number of fused-ring (bicyclic) bond motifs is 1. The fourth-order valence-corrected chi connectivity index (χ4v) is 3.21. The SMILES string of the molecule is CN1C(=O)C(C)(C)c2cc(OC3CN(C(=O)OC(C)(C)C)C3)ccc21. The topological polar surface area (TPSA) is 59.1 Å². The largest absolute Gasteiger partial charge is 0.487 e. The van der Waals surface area contributed by atoms with Gasteiger partial charge in [-0.05, 0) is 58.4 Å². The summed E-state index contributed by atoms with van der Waals surface area (Å²) >= 11 is 0. The van der Waals surface area contributed by atoms with Crippen LogP contribution in [-0.4, -0.2) is 48.7 Å². The Labute approximate surface area is 148 Å². The zero-order valence-corrected chi connectivity index (χ0v) is 15.8. The molecule has 2 aliphatic heterocycles. The van der Waals surface area contributed by atoms with E-state index in [9.17, 15) is 9.59 Å². The molecule has 1 aromatic rings. The predicted molar refractivity (Wildman–Crippen MR) is 95.1 cm³/mol. The number of carbonyl (C=O) groups excluding carboxylic acids is 2. The Bertz CT molecular complexity index is 715. The van der Waals surface area contributed by atoms with Gasteiger partial charge in [-0.2, -0.15) is 0 Å². The average Bonchev–Trinajstić information content (AvgIpc) is 2.62. The van der Waals surface area contributed by atoms with Crippen LogP contribution >= 0.6 is 0 Å². The van der Waals surface area contributed by atoms with Crippen molar-refractivity contribution in [3.8, 4) is 5.75 Å². The molecule has 136 valence electrons. The van der Waals surface area contributed by atoms with E-state index in [0.717, 1.165) is 17.0 Å². The van der Waals surface area contributed by atoms with Gasteiger partial charge in [0.15, 0.2) is 0 Å². The van der Waals surface area contributed by atoms with Crippen molar-refractivity contribution in [2.24, 2.45) is 0 Å². The van der Waals surface area contributed by atoms with Crippen LogP contribution in [0.4, 0.5) is 10.5 Å². The Balaban J connectivity index is 1.63. The third kappa shape index (κ3) is 3.17. The van der Waals surface area contributed by atoms with Gasteiger partial charge in [0, 0.05) is 12.7 Å². The minimum Gasteiger partial charge on any atom is -0.487 e. The van der Waals surface area contributed by atoms with E-state index in [1.54, 1.807) is 16.8 Å². The Kier molecular flexibility index (Phi) is 3.97. The van der Waals surface area contributed by atoms with Crippen LogP contribution in [0.1, 0.15) is 40.2 Å². The van der Waals surface area contributed by atoms with E-state index in [4.69, 9.17) is 9.47 Å². The maximum atomic E-state index is 12.3. The number of ether oxygens (including phenoxy) is 2. The van der Waals surface area contributed by atoms with E-state index in [0.29, 0.717) is 13.1 Å². The number of hydrogen-bond acceptors (Lipinski definition) is 4. The number of benzene rings is 1. The summed E-state index contributed by atoms with van der Waals surface area (Å²) in [5.41, 5.74) is 0.853. The van der Waals surface area contributed by atoms with E-state index in [1.165, 1.54) is 0 Å². The van der Waals surface area contributed by atoms with Gasteiger partial charge in [-0.25, -0.2) is 4.79 Å². The number of likely N-dealkylation sites (tertiary alicyclic amines) is 1. The second-order valence-corrected chi connectivity index (χ2v) is 8.29. The first-order valence-corrected chi connectivity index (χ1v) is 8.56. The summed E-state index contributed by atoms with van der Waals surface area (Å²) in [6.07, 6.45) is -0.363. The molecule has 1 saturated heterocycles. The maximum Gasteiger partial charge on any atom is 0.410 e. The first kappa shape index (κ1) is 17.6. The molecule has 1 fully saturated rings. The van der Waals surface area contributed by atoms with Gasteiger partial charge in [0.2, 0.25) is 5.91 Å². The quantitative estimate of drug-likeness (QED) is 0.826. The van der Waals surface area contributed by atoms with Crippen molar-refractivity contribution in [1.29, 1.82) is 0 Å². The highest BCUT2D eigenvalue weighted by molar-refractivity contribution is 6.07. The highest BCUT2D eigenvalue weighted by atomic mass is 16.6. The monoisotopic (exact) mass is 346 g/mol. The second-order valence-electron chi connectivity index (χ2n) is 8.29. The normalized spacial score (nSPS) is 19.5. The lowest BCUT2D eigenvalue weighted by atomic mass is 9.86. The summed E-state index contributed by atoms with van der Waals surface area (Å²) in [5, 5.41) is 0. The summed E-state index contributed by atoms with van der Waals surface area (Å²) in [6.45, 7) is 10.4. The number of amides is 2. The summed E-state index contributed by atoms with van der Waals surface area (Å²) < 4.78 is 11.3. The van der Waals surface area contributed by atoms with Crippen molar-refractivity contribution in [1.82, 2.24) is 4.90 Å². The van der Waals surface area contributed by atoms with Crippen LogP contribution in [-0.2, 0) is 14.9 Å². The Morgan fingerprint density at radius 2 is 1.88 bits per heavy atom. The summed E-state index contributed by atoms with van der Waals surface area (Å²) in [5.74, 6) is 0.808. The zero-order valence-electron chi connectivity index (χ0n) is 15.8. The third-order valence-corrected chi connectivity index (χ3v) is 4.64. The molecule has 0 aromatic heterocycles. The lowest BCUT2D eigenvalue weighted by Crippen LogP contribution is -2.57. The molecule has 0 bridgehead atoms. The fourth-order valence-electron chi connectivity index (χ4n) is 3.21. The first-order chi connectivity index (χ1) is 11.5. The Morgan fingerprint density at radius 1 is 1.24 bits per heavy atom. The molecule has 2 amide bonds. The summed E-state index contributed by atoms with van der Waals surface area (Å²) in [4.78, 5) is 27.6. The van der Waals surface area contributed by atoms with Gasteiger partial charge < -0.3 is 19.3 Å². The smallest absolute Gasteiger partial charge is 0.410 e. The molecule has 3 rings (SSSR count). The molecule has 1 aromatic carbocycles. The van der Waals surface area contributed by atoms with Gasteiger partial charge in [0.25, 0.3) is 0 Å². The van der Waals surface area contributed by atoms with Gasteiger partial charge in [-0.3, -0.25) is 4.79 Å². The molecule has 0 saturated carbocycles. The number of rotatable bonds is 2. The highest BCUT2D eigenvalue weighted by Gasteiger charge is 2.42.